The molecule has 114 valence electrons. The summed E-state index contributed by atoms with van der Waals surface area (Å²) in [6, 6.07) is 13.6. The van der Waals surface area contributed by atoms with Gasteiger partial charge in [0.2, 0.25) is 0 Å². The first-order chi connectivity index (χ1) is 10.2. The summed E-state index contributed by atoms with van der Waals surface area (Å²) in [6.45, 7) is 6.32. The number of nitriles is 1. The lowest BCUT2D eigenvalue weighted by Gasteiger charge is -2.29. The maximum absolute atomic E-state index is 9.57. The molecule has 0 amide bonds. The van der Waals surface area contributed by atoms with Crippen LogP contribution in [0.4, 0.5) is 5.69 Å². The quantitative estimate of drug-likeness (QED) is 0.751. The van der Waals surface area contributed by atoms with Gasteiger partial charge in [-0.15, -0.1) is 0 Å². The molecule has 0 heterocycles. The molecule has 1 atom stereocenters. The van der Waals surface area contributed by atoms with Crippen LogP contribution in [0.15, 0.2) is 30.3 Å². The first kappa shape index (κ1) is 15.9. The van der Waals surface area contributed by atoms with Gasteiger partial charge in [-0.2, -0.15) is 5.26 Å². The molecule has 1 aromatic rings. The lowest BCUT2D eigenvalue weighted by molar-refractivity contribution is 0.361. The van der Waals surface area contributed by atoms with Crippen molar-refractivity contribution in [1.29, 1.82) is 5.26 Å². The molecule has 0 spiro atoms. The number of rotatable bonds is 9. The van der Waals surface area contributed by atoms with Crippen LogP contribution in [-0.4, -0.2) is 24.7 Å². The fourth-order valence-electron chi connectivity index (χ4n) is 2.82. The molecule has 1 aliphatic carbocycles. The van der Waals surface area contributed by atoms with E-state index in [0.717, 1.165) is 32.4 Å². The summed E-state index contributed by atoms with van der Waals surface area (Å²) in [7, 11) is 0. The van der Waals surface area contributed by atoms with Crippen molar-refractivity contribution in [3.05, 3.63) is 30.3 Å². The van der Waals surface area contributed by atoms with E-state index in [1.54, 1.807) is 0 Å². The highest BCUT2D eigenvalue weighted by atomic mass is 15.1. The number of hydrogen-bond donors (Lipinski definition) is 1. The Bertz CT molecular complexity index is 461. The molecule has 1 aliphatic rings. The normalized spacial score (nSPS) is 17.0. The van der Waals surface area contributed by atoms with Crippen LogP contribution in [0.3, 0.4) is 0 Å². The average Bonchev–Trinajstić information content (AvgIpc) is 3.35. The first-order valence-electron chi connectivity index (χ1n) is 8.22. The molecule has 1 fully saturated rings. The number of nitrogens with zero attached hydrogens (tertiary/aromatic N) is 2. The van der Waals surface area contributed by atoms with Crippen LogP contribution in [0.1, 0.15) is 46.0 Å². The van der Waals surface area contributed by atoms with Gasteiger partial charge in [-0.25, -0.2) is 0 Å². The van der Waals surface area contributed by atoms with E-state index in [1.807, 2.05) is 0 Å². The van der Waals surface area contributed by atoms with Crippen LogP contribution < -0.4 is 10.2 Å². The third-order valence-corrected chi connectivity index (χ3v) is 4.41. The van der Waals surface area contributed by atoms with Gasteiger partial charge in [-0.3, -0.25) is 5.32 Å². The van der Waals surface area contributed by atoms with Gasteiger partial charge in [0.05, 0.1) is 6.07 Å². The van der Waals surface area contributed by atoms with Crippen LogP contribution >= 0.6 is 0 Å². The highest BCUT2D eigenvalue weighted by Gasteiger charge is 2.34. The summed E-state index contributed by atoms with van der Waals surface area (Å²) in [6.07, 6.45) is 5.32. The third-order valence-electron chi connectivity index (χ3n) is 4.41. The number of benzene rings is 1. The summed E-state index contributed by atoms with van der Waals surface area (Å²) in [5, 5.41) is 13.1. The Morgan fingerprint density at radius 3 is 2.52 bits per heavy atom. The molecule has 0 saturated heterocycles. The van der Waals surface area contributed by atoms with E-state index in [2.05, 4.69) is 60.5 Å². The Morgan fingerprint density at radius 2 is 2.00 bits per heavy atom. The van der Waals surface area contributed by atoms with Gasteiger partial charge in [0.1, 0.15) is 5.54 Å². The smallest absolute Gasteiger partial charge is 0.106 e. The van der Waals surface area contributed by atoms with Crippen molar-refractivity contribution in [2.24, 2.45) is 0 Å². The molecule has 1 aromatic carbocycles. The molecule has 0 aromatic heterocycles. The number of nitrogens with one attached hydrogen (secondary N) is 1. The van der Waals surface area contributed by atoms with Gasteiger partial charge in [0.25, 0.3) is 0 Å². The molecule has 1 saturated carbocycles. The van der Waals surface area contributed by atoms with Gasteiger partial charge in [-0.1, -0.05) is 25.1 Å². The average molecular weight is 285 g/mol. The second-order valence-electron chi connectivity index (χ2n) is 5.98. The van der Waals surface area contributed by atoms with Crippen LogP contribution in [0.25, 0.3) is 0 Å². The molecular weight excluding hydrogens is 258 g/mol. The van der Waals surface area contributed by atoms with Crippen molar-refractivity contribution in [1.82, 2.24) is 5.32 Å². The standard InChI is InChI=1S/C18H27N3/c1-3-18(15-19,20-16-11-12-16)13-8-14-21(4-2)17-9-6-5-7-10-17/h5-7,9-10,16,20H,3-4,8,11-14H2,1-2H3. The Morgan fingerprint density at radius 1 is 1.29 bits per heavy atom. The van der Waals surface area contributed by atoms with Crippen LogP contribution in [0, 0.1) is 11.3 Å². The van der Waals surface area contributed by atoms with Crippen molar-refractivity contribution in [3.63, 3.8) is 0 Å². The zero-order chi connectivity index (χ0) is 15.1. The SMILES string of the molecule is CCN(CCCC(C#N)(CC)NC1CC1)c1ccccc1. The molecule has 21 heavy (non-hydrogen) atoms. The summed E-state index contributed by atoms with van der Waals surface area (Å²) in [4.78, 5) is 2.38. The van der Waals surface area contributed by atoms with Crippen molar-refractivity contribution in [2.45, 2.75) is 57.5 Å². The molecule has 0 bridgehead atoms. The first-order valence-corrected chi connectivity index (χ1v) is 8.22. The molecule has 0 radical (unpaired) electrons. The van der Waals surface area contributed by atoms with Gasteiger partial charge < -0.3 is 4.90 Å². The topological polar surface area (TPSA) is 39.1 Å². The van der Waals surface area contributed by atoms with Crippen molar-refractivity contribution in [2.75, 3.05) is 18.0 Å². The van der Waals surface area contributed by atoms with E-state index in [1.165, 1.54) is 18.5 Å². The minimum Gasteiger partial charge on any atom is -0.372 e. The third kappa shape index (κ3) is 4.47. The zero-order valence-electron chi connectivity index (χ0n) is 13.3. The molecular formula is C18H27N3. The van der Waals surface area contributed by atoms with Gasteiger partial charge >= 0.3 is 0 Å². The Labute approximate surface area is 129 Å². The van der Waals surface area contributed by atoms with E-state index in [0.29, 0.717) is 6.04 Å². The van der Waals surface area contributed by atoms with Crippen molar-refractivity contribution < 1.29 is 0 Å². The summed E-state index contributed by atoms with van der Waals surface area (Å²) < 4.78 is 0. The van der Waals surface area contributed by atoms with Gasteiger partial charge in [-0.05, 0) is 51.2 Å². The zero-order valence-corrected chi connectivity index (χ0v) is 13.3. The maximum Gasteiger partial charge on any atom is 0.106 e. The highest BCUT2D eigenvalue weighted by Crippen LogP contribution is 2.27. The summed E-state index contributed by atoms with van der Waals surface area (Å²) >= 11 is 0. The molecule has 2 rings (SSSR count). The minimum absolute atomic E-state index is 0.322. The fraction of sp³-hybridized carbons (Fsp3) is 0.611. The van der Waals surface area contributed by atoms with E-state index in [9.17, 15) is 5.26 Å². The Balaban J connectivity index is 1.87. The molecule has 0 aliphatic heterocycles. The van der Waals surface area contributed by atoms with Gasteiger partial charge in [0, 0.05) is 24.8 Å². The van der Waals surface area contributed by atoms with Crippen molar-refractivity contribution >= 4 is 5.69 Å². The second kappa shape index (κ2) is 7.47. The Kier molecular flexibility index (Phi) is 5.64. The predicted molar refractivity (Wildman–Crippen MR) is 88.4 cm³/mol. The molecule has 3 heteroatoms. The van der Waals surface area contributed by atoms with Crippen molar-refractivity contribution in [3.8, 4) is 6.07 Å². The Hall–Kier alpha value is -1.53. The van der Waals surface area contributed by atoms with E-state index >= 15 is 0 Å². The monoisotopic (exact) mass is 285 g/mol. The summed E-state index contributed by atoms with van der Waals surface area (Å²) in [5.41, 5.74) is 0.950. The fourth-order valence-corrected chi connectivity index (χ4v) is 2.82. The number of para-hydroxylation sites is 1. The van der Waals surface area contributed by atoms with E-state index < -0.39 is 0 Å². The molecule has 1 unspecified atom stereocenters. The predicted octanol–water partition coefficient (Wildman–Crippen LogP) is 3.72. The van der Waals surface area contributed by atoms with E-state index in [4.69, 9.17) is 0 Å². The lowest BCUT2D eigenvalue weighted by atomic mass is 9.91. The maximum atomic E-state index is 9.57. The minimum atomic E-state index is -0.322. The van der Waals surface area contributed by atoms with Crippen LogP contribution in [0.2, 0.25) is 0 Å². The molecule has 3 nitrogen and oxygen atoms in total. The highest BCUT2D eigenvalue weighted by molar-refractivity contribution is 5.45. The lowest BCUT2D eigenvalue weighted by Crippen LogP contribution is -2.45. The largest absolute Gasteiger partial charge is 0.372 e. The van der Waals surface area contributed by atoms with Crippen LogP contribution in [-0.2, 0) is 0 Å². The van der Waals surface area contributed by atoms with E-state index in [-0.39, 0.29) is 5.54 Å². The second-order valence-corrected chi connectivity index (χ2v) is 5.98. The number of anilines is 1. The summed E-state index contributed by atoms with van der Waals surface area (Å²) in [5.74, 6) is 0. The molecule has 1 N–H and O–H groups in total. The van der Waals surface area contributed by atoms with Crippen LogP contribution in [0.5, 0.6) is 0 Å². The number of hydrogen-bond acceptors (Lipinski definition) is 3. The van der Waals surface area contributed by atoms with Gasteiger partial charge in [0.15, 0.2) is 0 Å².